The van der Waals surface area contributed by atoms with Gasteiger partial charge in [-0.05, 0) is 75.7 Å². The van der Waals surface area contributed by atoms with E-state index >= 15 is 0 Å². The highest BCUT2D eigenvalue weighted by molar-refractivity contribution is 6.78. The monoisotopic (exact) mass is 837 g/mol. The number of aliphatic hydroxyl groups is 1. The van der Waals surface area contributed by atoms with E-state index in [0.717, 1.165) is 30.5 Å². The molecule has 9 nitrogen and oxygen atoms in total. The van der Waals surface area contributed by atoms with Gasteiger partial charge in [0.25, 0.3) is 0 Å². The number of para-hydroxylation sites is 3. The fourth-order valence-electron chi connectivity index (χ4n) is 3.95. The smallest absolute Gasteiger partial charge is 0.310 e. The SMILES string of the molecule is C.C.C=CCOCC(O)COc1ccccc1.CCC.CCC.C[SiH](C)O[Si](C)(C)O[SiH](C)C.c1ccc(OCC2CO2)cc1.c1ccc(OCC2CO2)cc1. The summed E-state index contributed by atoms with van der Waals surface area (Å²) in [6.45, 7) is 29.1. The van der Waals surface area contributed by atoms with E-state index in [4.69, 9.17) is 36.7 Å². The molecule has 2 saturated heterocycles. The van der Waals surface area contributed by atoms with E-state index in [2.05, 4.69) is 73.6 Å². The maximum Gasteiger partial charge on any atom is 0.310 e. The van der Waals surface area contributed by atoms with Gasteiger partial charge in [0.05, 0.1) is 26.4 Å². The molecule has 3 unspecified atom stereocenters. The van der Waals surface area contributed by atoms with Crippen molar-refractivity contribution in [3.8, 4) is 17.2 Å². The summed E-state index contributed by atoms with van der Waals surface area (Å²) in [5.74, 6) is 2.59. The first-order valence-electron chi connectivity index (χ1n) is 19.4. The molecule has 2 heterocycles. The van der Waals surface area contributed by atoms with E-state index in [0.29, 0.717) is 32.0 Å². The van der Waals surface area contributed by atoms with E-state index in [1.165, 1.54) is 12.8 Å². The standard InChI is InChI=1S/C12H16O3.2C9H10O2.C6H20O2Si3.2C3H8.2CH4/c1-2-8-14-9-11(13)10-15-12-6-4-3-5-7-12;2*1-2-4-8(5-3-1)10-6-9-7-11-9;1-9(2)7-11(5,6)8-10(3)4;2*1-3-2;;/h2-7,11,13H,1,8-10H2;2*1-5,9H,6-7H2;9-10H,1-6H3;2*3H2,1-2H3;2*1H4. The van der Waals surface area contributed by atoms with Gasteiger partial charge in [-0.2, -0.15) is 0 Å². The maximum atomic E-state index is 9.45. The molecule has 5 rings (SSSR count). The van der Waals surface area contributed by atoms with Crippen molar-refractivity contribution in [1.82, 2.24) is 0 Å². The molecule has 0 bridgehead atoms. The van der Waals surface area contributed by atoms with Crippen LogP contribution in [-0.4, -0.2) is 96.3 Å². The van der Waals surface area contributed by atoms with Crippen molar-refractivity contribution in [3.05, 3.63) is 104 Å². The number of ether oxygens (including phenoxy) is 6. The van der Waals surface area contributed by atoms with Crippen molar-refractivity contribution in [2.75, 3.05) is 46.2 Å². The van der Waals surface area contributed by atoms with Crippen molar-refractivity contribution in [1.29, 1.82) is 0 Å². The summed E-state index contributed by atoms with van der Waals surface area (Å²) in [6, 6.07) is 29.0. The van der Waals surface area contributed by atoms with Crippen LogP contribution < -0.4 is 14.2 Å². The second-order valence-corrected chi connectivity index (χ2v) is 22.3. The van der Waals surface area contributed by atoms with Gasteiger partial charge in [-0.3, -0.25) is 0 Å². The van der Waals surface area contributed by atoms with Crippen molar-refractivity contribution < 1.29 is 41.8 Å². The van der Waals surface area contributed by atoms with E-state index in [1.807, 2.05) is 91.0 Å². The summed E-state index contributed by atoms with van der Waals surface area (Å²) in [6.07, 6.45) is 4.22. The van der Waals surface area contributed by atoms with Gasteiger partial charge in [-0.1, -0.05) is 116 Å². The summed E-state index contributed by atoms with van der Waals surface area (Å²) in [7, 11) is -3.50. The third kappa shape index (κ3) is 39.4. The minimum absolute atomic E-state index is 0. The molecular formula is C44H80O9Si3. The van der Waals surface area contributed by atoms with Crippen LogP contribution in [0.3, 0.4) is 0 Å². The number of rotatable bonds is 17. The molecule has 12 heteroatoms. The molecule has 2 aliphatic heterocycles. The number of hydrogen-bond acceptors (Lipinski definition) is 9. The quantitative estimate of drug-likeness (QED) is 0.0616. The Morgan fingerprint density at radius 2 is 0.982 bits per heavy atom. The molecule has 0 aromatic heterocycles. The first-order valence-corrected chi connectivity index (χ1v) is 27.8. The normalized spacial score (nSPS) is 14.8. The average molecular weight is 837 g/mol. The molecule has 0 amide bonds. The van der Waals surface area contributed by atoms with Crippen LogP contribution in [0.15, 0.2) is 104 Å². The molecule has 322 valence electrons. The van der Waals surface area contributed by atoms with Gasteiger partial charge in [0.15, 0.2) is 18.1 Å². The lowest BCUT2D eigenvalue weighted by Gasteiger charge is -2.27. The van der Waals surface area contributed by atoms with E-state index < -0.39 is 32.7 Å². The van der Waals surface area contributed by atoms with Crippen LogP contribution in [0.2, 0.25) is 39.3 Å². The van der Waals surface area contributed by atoms with Gasteiger partial charge in [-0.25, -0.2) is 0 Å². The molecule has 1 N–H and O–H groups in total. The van der Waals surface area contributed by atoms with E-state index in [1.54, 1.807) is 6.08 Å². The summed E-state index contributed by atoms with van der Waals surface area (Å²) in [5.41, 5.74) is 0. The predicted molar refractivity (Wildman–Crippen MR) is 245 cm³/mol. The van der Waals surface area contributed by atoms with Gasteiger partial charge in [-0.15, -0.1) is 6.58 Å². The summed E-state index contributed by atoms with van der Waals surface area (Å²) in [5, 5.41) is 9.45. The van der Waals surface area contributed by atoms with Crippen molar-refractivity contribution >= 4 is 26.6 Å². The Balaban J connectivity index is -0.000000634. The highest BCUT2D eigenvalue weighted by atomic mass is 28.5. The first kappa shape index (κ1) is 57.5. The van der Waals surface area contributed by atoms with E-state index in [9.17, 15) is 5.11 Å². The highest BCUT2D eigenvalue weighted by Gasteiger charge is 2.26. The van der Waals surface area contributed by atoms with Crippen LogP contribution in [0.5, 0.6) is 17.2 Å². The summed E-state index contributed by atoms with van der Waals surface area (Å²) < 4.78 is 42.9. The van der Waals surface area contributed by atoms with Crippen LogP contribution in [0, 0.1) is 0 Å². The molecule has 0 saturated carbocycles. The largest absolute Gasteiger partial charge is 0.491 e. The minimum atomic E-state index is -1.71. The van der Waals surface area contributed by atoms with Crippen LogP contribution in [0.25, 0.3) is 0 Å². The summed E-state index contributed by atoms with van der Waals surface area (Å²) >= 11 is 0. The molecule has 2 aliphatic rings. The zero-order valence-electron chi connectivity index (χ0n) is 34.9. The van der Waals surface area contributed by atoms with Crippen LogP contribution >= 0.6 is 0 Å². The van der Waals surface area contributed by atoms with Gasteiger partial charge in [0.2, 0.25) is 0 Å². The Kier molecular flexibility index (Phi) is 38.8. The fraction of sp³-hybridized carbons (Fsp3) is 0.545. The molecule has 3 aromatic rings. The van der Waals surface area contributed by atoms with Gasteiger partial charge in [0, 0.05) is 0 Å². The molecule has 2 fully saturated rings. The zero-order valence-corrected chi connectivity index (χ0v) is 38.2. The molecule has 3 atom stereocenters. The van der Waals surface area contributed by atoms with Gasteiger partial charge in [0.1, 0.15) is 55.4 Å². The lowest BCUT2D eigenvalue weighted by molar-refractivity contribution is 0.0214. The Morgan fingerprint density at radius 1 is 0.661 bits per heavy atom. The second kappa shape index (κ2) is 37.8. The van der Waals surface area contributed by atoms with Crippen LogP contribution in [-0.2, 0) is 22.4 Å². The fourth-order valence-corrected chi connectivity index (χ4v) is 13.8. The Morgan fingerprint density at radius 3 is 1.27 bits per heavy atom. The maximum absolute atomic E-state index is 9.45. The Bertz CT molecular complexity index is 1170. The topological polar surface area (TPSA) is 101 Å². The summed E-state index contributed by atoms with van der Waals surface area (Å²) in [4.78, 5) is 0. The molecule has 3 aromatic carbocycles. The number of epoxide rings is 2. The number of benzene rings is 3. The lowest BCUT2D eigenvalue weighted by Crippen LogP contribution is -2.42. The number of aliphatic hydroxyl groups excluding tert-OH is 1. The Labute approximate surface area is 347 Å². The van der Waals surface area contributed by atoms with Crippen LogP contribution in [0.1, 0.15) is 55.4 Å². The van der Waals surface area contributed by atoms with Crippen LogP contribution in [0.4, 0.5) is 0 Å². The van der Waals surface area contributed by atoms with Crippen molar-refractivity contribution in [2.24, 2.45) is 0 Å². The lowest BCUT2D eigenvalue weighted by atomic mass is 10.3. The molecule has 0 aliphatic carbocycles. The van der Waals surface area contributed by atoms with Crippen molar-refractivity contribution in [2.45, 2.75) is 113 Å². The van der Waals surface area contributed by atoms with E-state index in [-0.39, 0.29) is 28.1 Å². The first-order chi connectivity index (χ1) is 25.9. The van der Waals surface area contributed by atoms with Gasteiger partial charge >= 0.3 is 8.56 Å². The molecule has 0 radical (unpaired) electrons. The third-order valence-electron chi connectivity index (χ3n) is 5.93. The minimum Gasteiger partial charge on any atom is -0.491 e. The third-order valence-corrected chi connectivity index (χ3v) is 14.2. The van der Waals surface area contributed by atoms with Gasteiger partial charge < -0.3 is 41.8 Å². The Hall–Kier alpha value is -2.79. The number of hydrogen-bond donors (Lipinski definition) is 1. The predicted octanol–water partition coefficient (Wildman–Crippen LogP) is 10.4. The second-order valence-electron chi connectivity index (χ2n) is 13.4. The molecule has 0 spiro atoms. The van der Waals surface area contributed by atoms with Crippen molar-refractivity contribution in [3.63, 3.8) is 0 Å². The molecule has 56 heavy (non-hydrogen) atoms. The molecular weight excluding hydrogens is 757 g/mol. The average Bonchev–Trinajstić information content (AvgIpc) is 4.07. The zero-order chi connectivity index (χ0) is 40.5. The highest BCUT2D eigenvalue weighted by Crippen LogP contribution is 2.15.